The van der Waals surface area contributed by atoms with E-state index in [9.17, 15) is 4.79 Å². The zero-order valence-electron chi connectivity index (χ0n) is 12.9. The highest BCUT2D eigenvalue weighted by Crippen LogP contribution is 2.31. The van der Waals surface area contributed by atoms with Crippen LogP contribution in [0.3, 0.4) is 0 Å². The Balaban J connectivity index is 1.90. The number of anilines is 2. The number of hydrogen-bond donors (Lipinski definition) is 1. The third-order valence-electron chi connectivity index (χ3n) is 3.43. The number of aromatic nitrogens is 1. The molecular formula is C18H16N2O2S. The van der Waals surface area contributed by atoms with Crippen molar-refractivity contribution >= 4 is 28.1 Å². The largest absolute Gasteiger partial charge is 0.464 e. The number of ether oxygens (including phenoxy) is 1. The summed E-state index contributed by atoms with van der Waals surface area (Å²) in [5.41, 5.74) is 4.70. The molecule has 0 aliphatic carbocycles. The van der Waals surface area contributed by atoms with Crippen LogP contribution in [0, 0.1) is 6.92 Å². The molecule has 4 nitrogen and oxygen atoms in total. The maximum atomic E-state index is 11.5. The van der Waals surface area contributed by atoms with Crippen LogP contribution in [0.4, 0.5) is 10.8 Å². The van der Waals surface area contributed by atoms with Crippen LogP contribution in [0.15, 0.2) is 53.9 Å². The summed E-state index contributed by atoms with van der Waals surface area (Å²) in [6, 6.07) is 16.4. The SMILES string of the molecule is COC(=O)c1csc(Nc2ccccc2-c2ccc(C)cc2)n1. The molecule has 0 atom stereocenters. The van der Waals surface area contributed by atoms with Crippen LogP contribution in [0.5, 0.6) is 0 Å². The number of carbonyl (C=O) groups is 1. The first-order chi connectivity index (χ1) is 11.2. The second kappa shape index (κ2) is 6.62. The predicted molar refractivity (Wildman–Crippen MR) is 93.4 cm³/mol. The zero-order valence-corrected chi connectivity index (χ0v) is 13.7. The lowest BCUT2D eigenvalue weighted by Crippen LogP contribution is -2.01. The molecule has 0 amide bonds. The first-order valence-electron chi connectivity index (χ1n) is 7.14. The number of carbonyl (C=O) groups excluding carboxylic acids is 1. The summed E-state index contributed by atoms with van der Waals surface area (Å²) in [6.07, 6.45) is 0. The Kier molecular flexibility index (Phi) is 4.39. The number of benzene rings is 2. The monoisotopic (exact) mass is 324 g/mol. The van der Waals surface area contributed by atoms with Gasteiger partial charge in [0.25, 0.3) is 0 Å². The standard InChI is InChI=1S/C18H16N2O2S/c1-12-7-9-13(10-8-12)14-5-3-4-6-15(14)19-18-20-16(11-23-18)17(21)22-2/h3-11H,1-2H3,(H,19,20). The van der Waals surface area contributed by atoms with Gasteiger partial charge in [-0.05, 0) is 18.6 Å². The van der Waals surface area contributed by atoms with Gasteiger partial charge < -0.3 is 10.1 Å². The molecule has 0 aliphatic heterocycles. The molecule has 23 heavy (non-hydrogen) atoms. The lowest BCUT2D eigenvalue weighted by atomic mass is 10.0. The first kappa shape index (κ1) is 15.2. The normalized spacial score (nSPS) is 10.3. The van der Waals surface area contributed by atoms with E-state index in [-0.39, 0.29) is 0 Å². The number of nitrogens with one attached hydrogen (secondary N) is 1. The van der Waals surface area contributed by atoms with Crippen molar-refractivity contribution in [1.29, 1.82) is 0 Å². The fourth-order valence-corrected chi connectivity index (χ4v) is 2.91. The van der Waals surface area contributed by atoms with Crippen LogP contribution in [-0.2, 0) is 4.74 Å². The molecule has 0 saturated carbocycles. The van der Waals surface area contributed by atoms with Crippen LogP contribution in [0.25, 0.3) is 11.1 Å². The zero-order chi connectivity index (χ0) is 16.2. The lowest BCUT2D eigenvalue weighted by Gasteiger charge is -2.10. The predicted octanol–water partition coefficient (Wildman–Crippen LogP) is 4.65. The number of thiazole rings is 1. The molecule has 1 aromatic heterocycles. The van der Waals surface area contributed by atoms with Gasteiger partial charge in [-0.1, -0.05) is 48.0 Å². The maximum absolute atomic E-state index is 11.5. The molecule has 0 radical (unpaired) electrons. The van der Waals surface area contributed by atoms with Crippen molar-refractivity contribution in [3.8, 4) is 11.1 Å². The topological polar surface area (TPSA) is 51.2 Å². The van der Waals surface area contributed by atoms with E-state index in [1.807, 2.05) is 18.2 Å². The van der Waals surface area contributed by atoms with Crippen molar-refractivity contribution in [3.05, 3.63) is 65.2 Å². The maximum Gasteiger partial charge on any atom is 0.357 e. The number of aryl methyl sites for hydroxylation is 1. The highest BCUT2D eigenvalue weighted by molar-refractivity contribution is 7.14. The first-order valence-corrected chi connectivity index (χ1v) is 8.02. The molecule has 1 N–H and O–H groups in total. The van der Waals surface area contributed by atoms with Gasteiger partial charge in [0.05, 0.1) is 7.11 Å². The molecule has 0 bridgehead atoms. The van der Waals surface area contributed by atoms with Crippen molar-refractivity contribution in [1.82, 2.24) is 4.98 Å². The Morgan fingerprint density at radius 3 is 2.61 bits per heavy atom. The van der Waals surface area contributed by atoms with Crippen molar-refractivity contribution in [2.24, 2.45) is 0 Å². The number of nitrogens with zero attached hydrogens (tertiary/aromatic N) is 1. The van der Waals surface area contributed by atoms with E-state index >= 15 is 0 Å². The molecule has 0 fully saturated rings. The summed E-state index contributed by atoms with van der Waals surface area (Å²) in [5, 5.41) is 5.63. The van der Waals surface area contributed by atoms with Gasteiger partial charge in [0.15, 0.2) is 10.8 Å². The van der Waals surface area contributed by atoms with Crippen LogP contribution in [0.1, 0.15) is 16.1 Å². The molecule has 1 heterocycles. The minimum Gasteiger partial charge on any atom is -0.464 e. The van der Waals surface area contributed by atoms with E-state index < -0.39 is 5.97 Å². The molecule has 2 aromatic carbocycles. The van der Waals surface area contributed by atoms with Gasteiger partial charge >= 0.3 is 5.97 Å². The molecule has 0 aliphatic rings. The van der Waals surface area contributed by atoms with Crippen LogP contribution in [0.2, 0.25) is 0 Å². The number of methoxy groups -OCH3 is 1. The molecule has 116 valence electrons. The third-order valence-corrected chi connectivity index (χ3v) is 4.19. The summed E-state index contributed by atoms with van der Waals surface area (Å²) < 4.78 is 4.68. The fraction of sp³-hybridized carbons (Fsp3) is 0.111. The minimum absolute atomic E-state index is 0.313. The average molecular weight is 324 g/mol. The second-order valence-electron chi connectivity index (χ2n) is 5.07. The van der Waals surface area contributed by atoms with E-state index in [0.29, 0.717) is 10.8 Å². The van der Waals surface area contributed by atoms with Crippen molar-refractivity contribution in [2.45, 2.75) is 6.92 Å². The molecule has 0 spiro atoms. The molecule has 3 rings (SSSR count). The van der Waals surface area contributed by atoms with Gasteiger partial charge in [0, 0.05) is 16.6 Å². The lowest BCUT2D eigenvalue weighted by molar-refractivity contribution is 0.0595. The number of esters is 1. The Labute approximate surface area is 138 Å². The van der Waals surface area contributed by atoms with Crippen molar-refractivity contribution in [3.63, 3.8) is 0 Å². The minimum atomic E-state index is -0.430. The Hall–Kier alpha value is -2.66. The summed E-state index contributed by atoms with van der Waals surface area (Å²) >= 11 is 1.37. The highest BCUT2D eigenvalue weighted by atomic mass is 32.1. The van der Waals surface area contributed by atoms with Crippen molar-refractivity contribution in [2.75, 3.05) is 12.4 Å². The number of hydrogen-bond acceptors (Lipinski definition) is 5. The van der Waals surface area contributed by atoms with Crippen LogP contribution < -0.4 is 5.32 Å². The molecule has 5 heteroatoms. The van der Waals surface area contributed by atoms with E-state index in [2.05, 4.69) is 52.3 Å². The van der Waals surface area contributed by atoms with E-state index in [1.165, 1.54) is 24.0 Å². The second-order valence-corrected chi connectivity index (χ2v) is 5.92. The van der Waals surface area contributed by atoms with Crippen LogP contribution in [-0.4, -0.2) is 18.1 Å². The van der Waals surface area contributed by atoms with Gasteiger partial charge in [-0.2, -0.15) is 0 Å². The summed E-state index contributed by atoms with van der Waals surface area (Å²) in [7, 11) is 1.35. The van der Waals surface area contributed by atoms with Gasteiger partial charge in [-0.3, -0.25) is 0 Å². The molecular weight excluding hydrogens is 308 g/mol. The van der Waals surface area contributed by atoms with E-state index in [1.54, 1.807) is 5.38 Å². The van der Waals surface area contributed by atoms with Gasteiger partial charge in [0.2, 0.25) is 0 Å². The van der Waals surface area contributed by atoms with Crippen molar-refractivity contribution < 1.29 is 9.53 Å². The highest BCUT2D eigenvalue weighted by Gasteiger charge is 2.12. The van der Waals surface area contributed by atoms with Gasteiger partial charge in [-0.15, -0.1) is 11.3 Å². The summed E-state index contributed by atoms with van der Waals surface area (Å²) in [6.45, 7) is 2.07. The smallest absolute Gasteiger partial charge is 0.357 e. The number of rotatable bonds is 4. The Morgan fingerprint density at radius 1 is 1.13 bits per heavy atom. The third kappa shape index (κ3) is 3.40. The van der Waals surface area contributed by atoms with E-state index in [4.69, 9.17) is 0 Å². The quantitative estimate of drug-likeness (QED) is 0.710. The van der Waals surface area contributed by atoms with E-state index in [0.717, 1.165) is 16.8 Å². The van der Waals surface area contributed by atoms with Crippen LogP contribution >= 0.6 is 11.3 Å². The Morgan fingerprint density at radius 2 is 1.87 bits per heavy atom. The van der Waals surface area contributed by atoms with Gasteiger partial charge in [-0.25, -0.2) is 9.78 Å². The van der Waals surface area contributed by atoms with Gasteiger partial charge in [0.1, 0.15) is 0 Å². The average Bonchev–Trinajstić information content (AvgIpc) is 3.04. The fourth-order valence-electron chi connectivity index (χ4n) is 2.22. The molecule has 3 aromatic rings. The summed E-state index contributed by atoms with van der Waals surface area (Å²) in [4.78, 5) is 15.8. The molecule has 0 saturated heterocycles. The number of para-hydroxylation sites is 1. The Bertz CT molecular complexity index is 825. The molecule has 0 unspecified atom stereocenters. The summed E-state index contributed by atoms with van der Waals surface area (Å²) in [5.74, 6) is -0.430.